The van der Waals surface area contributed by atoms with E-state index in [1.54, 1.807) is 6.07 Å². The average molecular weight is 451 g/mol. The standard InChI is InChI=1S/C25H26N2O4S/c1-31-23-16-13-20(17-24(23)32(29,30)27-22-9-5-6-10-22)25(28)26-21-14-11-19(12-15-21)18-7-3-2-4-8-18/h2-4,7-8,11-17,22,27H,5-6,9-10H2,1H3,(H,26,28). The predicted octanol–water partition coefficient (Wildman–Crippen LogP) is 4.84. The van der Waals surface area contributed by atoms with Crippen molar-refractivity contribution in [2.24, 2.45) is 0 Å². The van der Waals surface area contributed by atoms with Crippen LogP contribution in [0, 0.1) is 0 Å². The van der Waals surface area contributed by atoms with E-state index in [-0.39, 0.29) is 22.3 Å². The van der Waals surface area contributed by atoms with Crippen molar-refractivity contribution in [2.45, 2.75) is 36.6 Å². The number of anilines is 1. The van der Waals surface area contributed by atoms with Crippen LogP contribution in [0.4, 0.5) is 5.69 Å². The Bertz CT molecular complexity index is 1190. The zero-order valence-electron chi connectivity index (χ0n) is 17.9. The lowest BCUT2D eigenvalue weighted by Gasteiger charge is -2.16. The summed E-state index contributed by atoms with van der Waals surface area (Å²) in [7, 11) is -2.39. The second-order valence-corrected chi connectivity index (χ2v) is 9.55. The molecular weight excluding hydrogens is 424 g/mol. The van der Waals surface area contributed by atoms with Crippen LogP contribution in [0.3, 0.4) is 0 Å². The molecule has 0 radical (unpaired) electrons. The number of benzene rings is 3. The summed E-state index contributed by atoms with van der Waals surface area (Å²) in [5.74, 6) is -0.184. The van der Waals surface area contributed by atoms with Crippen molar-refractivity contribution in [3.63, 3.8) is 0 Å². The molecule has 1 saturated carbocycles. The minimum Gasteiger partial charge on any atom is -0.495 e. The van der Waals surface area contributed by atoms with E-state index in [4.69, 9.17) is 4.74 Å². The van der Waals surface area contributed by atoms with Gasteiger partial charge >= 0.3 is 0 Å². The van der Waals surface area contributed by atoms with Gasteiger partial charge in [-0.2, -0.15) is 0 Å². The quantitative estimate of drug-likeness (QED) is 0.540. The molecule has 4 rings (SSSR count). The van der Waals surface area contributed by atoms with Gasteiger partial charge in [0.15, 0.2) is 0 Å². The minimum atomic E-state index is -3.81. The first-order valence-electron chi connectivity index (χ1n) is 10.6. The van der Waals surface area contributed by atoms with E-state index >= 15 is 0 Å². The van der Waals surface area contributed by atoms with Crippen LogP contribution in [0.2, 0.25) is 0 Å². The molecule has 0 spiro atoms. The molecule has 1 fully saturated rings. The van der Waals surface area contributed by atoms with Gasteiger partial charge in [-0.25, -0.2) is 13.1 Å². The molecule has 7 heteroatoms. The fourth-order valence-electron chi connectivity index (χ4n) is 3.93. The summed E-state index contributed by atoms with van der Waals surface area (Å²) in [5, 5.41) is 2.83. The van der Waals surface area contributed by atoms with Crippen molar-refractivity contribution in [3.05, 3.63) is 78.4 Å². The highest BCUT2D eigenvalue weighted by Crippen LogP contribution is 2.28. The van der Waals surface area contributed by atoms with Gasteiger partial charge in [-0.3, -0.25) is 4.79 Å². The highest BCUT2D eigenvalue weighted by Gasteiger charge is 2.26. The summed E-state index contributed by atoms with van der Waals surface area (Å²) in [6.45, 7) is 0. The minimum absolute atomic E-state index is 0.0287. The number of carbonyl (C=O) groups excluding carboxylic acids is 1. The highest BCUT2D eigenvalue weighted by molar-refractivity contribution is 7.89. The summed E-state index contributed by atoms with van der Waals surface area (Å²) in [6, 6.07) is 21.8. The van der Waals surface area contributed by atoms with Crippen LogP contribution < -0.4 is 14.8 Å². The Morgan fingerprint density at radius 2 is 1.56 bits per heavy atom. The maximum absolute atomic E-state index is 13.0. The smallest absolute Gasteiger partial charge is 0.255 e. The molecule has 0 unspecified atom stereocenters. The van der Waals surface area contributed by atoms with E-state index in [1.807, 2.05) is 54.6 Å². The summed E-state index contributed by atoms with van der Waals surface area (Å²) >= 11 is 0. The van der Waals surface area contributed by atoms with Crippen molar-refractivity contribution in [2.75, 3.05) is 12.4 Å². The van der Waals surface area contributed by atoms with Crippen LogP contribution in [-0.2, 0) is 10.0 Å². The Hall–Kier alpha value is -3.16. The molecule has 2 N–H and O–H groups in total. The van der Waals surface area contributed by atoms with Crippen molar-refractivity contribution in [1.29, 1.82) is 0 Å². The van der Waals surface area contributed by atoms with Gasteiger partial charge in [-0.1, -0.05) is 55.3 Å². The van der Waals surface area contributed by atoms with E-state index in [0.29, 0.717) is 5.69 Å². The first-order chi connectivity index (χ1) is 15.5. The molecule has 1 aliphatic carbocycles. The maximum atomic E-state index is 13.0. The van der Waals surface area contributed by atoms with Crippen molar-refractivity contribution < 1.29 is 17.9 Å². The van der Waals surface area contributed by atoms with Crippen LogP contribution in [0.5, 0.6) is 5.75 Å². The molecule has 0 heterocycles. The Morgan fingerprint density at radius 1 is 0.906 bits per heavy atom. The normalized spacial score (nSPS) is 14.3. The maximum Gasteiger partial charge on any atom is 0.255 e. The van der Waals surface area contributed by atoms with Crippen LogP contribution in [0.1, 0.15) is 36.0 Å². The van der Waals surface area contributed by atoms with Gasteiger partial charge in [-0.15, -0.1) is 0 Å². The zero-order chi connectivity index (χ0) is 22.6. The first kappa shape index (κ1) is 22.0. The fourth-order valence-corrected chi connectivity index (χ4v) is 5.43. The lowest BCUT2D eigenvalue weighted by Crippen LogP contribution is -2.33. The molecule has 0 atom stereocenters. The molecule has 3 aromatic carbocycles. The number of nitrogens with one attached hydrogen (secondary N) is 2. The second-order valence-electron chi connectivity index (χ2n) is 7.87. The predicted molar refractivity (Wildman–Crippen MR) is 125 cm³/mol. The average Bonchev–Trinajstić information content (AvgIpc) is 3.32. The largest absolute Gasteiger partial charge is 0.495 e. The molecule has 1 amide bonds. The second kappa shape index (κ2) is 9.54. The van der Waals surface area contributed by atoms with Gasteiger partial charge in [0, 0.05) is 17.3 Å². The van der Waals surface area contributed by atoms with E-state index in [2.05, 4.69) is 10.0 Å². The number of ether oxygens (including phenoxy) is 1. The summed E-state index contributed by atoms with van der Waals surface area (Å²) in [5.41, 5.74) is 2.99. The lowest BCUT2D eigenvalue weighted by atomic mass is 10.1. The monoisotopic (exact) mass is 450 g/mol. The molecule has 1 aliphatic rings. The summed E-state index contributed by atoms with van der Waals surface area (Å²) in [4.78, 5) is 12.8. The summed E-state index contributed by atoms with van der Waals surface area (Å²) in [6.07, 6.45) is 3.66. The molecular formula is C25H26N2O4S. The molecule has 0 aromatic heterocycles. The van der Waals surface area contributed by atoms with Crippen LogP contribution >= 0.6 is 0 Å². The third-order valence-corrected chi connectivity index (χ3v) is 7.18. The van der Waals surface area contributed by atoms with Crippen LogP contribution in [0.25, 0.3) is 11.1 Å². The third-order valence-electron chi connectivity index (χ3n) is 5.64. The molecule has 3 aromatic rings. The number of rotatable bonds is 7. The van der Waals surface area contributed by atoms with E-state index in [1.165, 1.54) is 19.2 Å². The molecule has 6 nitrogen and oxygen atoms in total. The van der Waals surface area contributed by atoms with Gasteiger partial charge in [0.25, 0.3) is 5.91 Å². The third kappa shape index (κ3) is 5.00. The summed E-state index contributed by atoms with van der Waals surface area (Å²) < 4.78 is 33.9. The molecule has 32 heavy (non-hydrogen) atoms. The zero-order valence-corrected chi connectivity index (χ0v) is 18.7. The number of hydrogen-bond donors (Lipinski definition) is 2. The molecule has 166 valence electrons. The fraction of sp³-hybridized carbons (Fsp3) is 0.240. The molecule has 0 aliphatic heterocycles. The number of sulfonamides is 1. The SMILES string of the molecule is COc1ccc(C(=O)Nc2ccc(-c3ccccc3)cc2)cc1S(=O)(=O)NC1CCCC1. The van der Waals surface area contributed by atoms with Crippen molar-refractivity contribution in [1.82, 2.24) is 4.72 Å². The number of amides is 1. The first-order valence-corrected chi connectivity index (χ1v) is 12.1. The van der Waals surface area contributed by atoms with Crippen LogP contribution in [-0.4, -0.2) is 27.5 Å². The number of hydrogen-bond acceptors (Lipinski definition) is 4. The van der Waals surface area contributed by atoms with E-state index < -0.39 is 15.9 Å². The van der Waals surface area contributed by atoms with E-state index in [9.17, 15) is 13.2 Å². The van der Waals surface area contributed by atoms with Gasteiger partial charge in [0.05, 0.1) is 7.11 Å². The van der Waals surface area contributed by atoms with Gasteiger partial charge in [-0.05, 0) is 54.3 Å². The van der Waals surface area contributed by atoms with Gasteiger partial charge in [0.2, 0.25) is 10.0 Å². The Kier molecular flexibility index (Phi) is 6.58. The van der Waals surface area contributed by atoms with Gasteiger partial charge < -0.3 is 10.1 Å². The molecule has 0 saturated heterocycles. The Balaban J connectivity index is 1.53. The lowest BCUT2D eigenvalue weighted by molar-refractivity contribution is 0.102. The Labute approximate surface area is 188 Å². The van der Waals surface area contributed by atoms with Crippen molar-refractivity contribution >= 4 is 21.6 Å². The number of methoxy groups -OCH3 is 1. The highest BCUT2D eigenvalue weighted by atomic mass is 32.2. The number of carbonyl (C=O) groups is 1. The Morgan fingerprint density at radius 3 is 2.22 bits per heavy atom. The van der Waals surface area contributed by atoms with Crippen molar-refractivity contribution in [3.8, 4) is 16.9 Å². The molecule has 0 bridgehead atoms. The van der Waals surface area contributed by atoms with E-state index in [0.717, 1.165) is 36.8 Å². The van der Waals surface area contributed by atoms with Gasteiger partial charge in [0.1, 0.15) is 10.6 Å². The van der Waals surface area contributed by atoms with Crippen LogP contribution in [0.15, 0.2) is 77.7 Å². The topological polar surface area (TPSA) is 84.5 Å².